The Balaban J connectivity index is 1.27. The van der Waals surface area contributed by atoms with Gasteiger partial charge in [-0.3, -0.25) is 9.36 Å². The average molecular weight is 544 g/mol. The van der Waals surface area contributed by atoms with Crippen molar-refractivity contribution in [3.05, 3.63) is 28.2 Å². The molecule has 2 aliphatic heterocycles. The van der Waals surface area contributed by atoms with Crippen molar-refractivity contribution in [2.45, 2.75) is 76.0 Å². The van der Waals surface area contributed by atoms with Crippen LogP contribution in [0.15, 0.2) is 17.1 Å². The summed E-state index contributed by atoms with van der Waals surface area (Å²) in [5.41, 5.74) is -1.15. The Kier molecular flexibility index (Phi) is 7.73. The van der Waals surface area contributed by atoms with E-state index in [-0.39, 0.29) is 17.4 Å². The van der Waals surface area contributed by atoms with Gasteiger partial charge in [-0.05, 0) is 84.0 Å². The van der Waals surface area contributed by atoms with Gasteiger partial charge in [0, 0.05) is 30.7 Å². The molecule has 38 heavy (non-hydrogen) atoms. The molecule has 0 bridgehead atoms. The molecule has 5 rings (SSSR count). The average Bonchev–Trinajstić information content (AvgIpc) is 3.53. The first-order chi connectivity index (χ1) is 18.2. The summed E-state index contributed by atoms with van der Waals surface area (Å²) in [4.78, 5) is 24.5. The number of sulfonamides is 1. The zero-order chi connectivity index (χ0) is 26.9. The summed E-state index contributed by atoms with van der Waals surface area (Å²) >= 11 is 0. The number of anilines is 1. The number of pyridine rings is 1. The lowest BCUT2D eigenvalue weighted by Gasteiger charge is -2.32. The Bertz CT molecular complexity index is 1370. The maximum absolute atomic E-state index is 13.2. The SMILES string of the molecule is C[C@@]1(O)CCC[C@H]1n1c(=O)c(C#N)cc2cnc(NC3CCN(S(=O)(=O)CCCN4CCCC4)CC3)nc21. The van der Waals surface area contributed by atoms with Gasteiger partial charge in [0.1, 0.15) is 17.3 Å². The van der Waals surface area contributed by atoms with Crippen LogP contribution in [0, 0.1) is 11.3 Å². The van der Waals surface area contributed by atoms with Crippen LogP contribution < -0.4 is 10.9 Å². The molecule has 11 nitrogen and oxygen atoms in total. The summed E-state index contributed by atoms with van der Waals surface area (Å²) in [6.45, 7) is 5.59. The molecule has 1 aliphatic carbocycles. The largest absolute Gasteiger partial charge is 0.388 e. The number of nitriles is 1. The molecule has 0 unspecified atom stereocenters. The van der Waals surface area contributed by atoms with Gasteiger partial charge < -0.3 is 15.3 Å². The number of aromatic nitrogens is 3. The lowest BCUT2D eigenvalue weighted by Crippen LogP contribution is -2.43. The molecule has 3 fully saturated rings. The molecular formula is C26H37N7O4S. The molecule has 2 aromatic rings. The highest BCUT2D eigenvalue weighted by atomic mass is 32.2. The standard InChI is InChI=1S/C26H37N7O4S/c1-26(35)9-4-6-22(26)33-23-20(16-19(17-27)24(33)34)18-28-25(30-23)29-21-7-13-32(14-8-21)38(36,37)15-5-12-31-10-2-3-11-31/h16,18,21-22,35H,2-15H2,1H3,(H,28,29,30)/t22-,26-/m1/s1. The molecule has 1 saturated carbocycles. The van der Waals surface area contributed by atoms with Gasteiger partial charge in [-0.2, -0.15) is 10.2 Å². The maximum Gasteiger partial charge on any atom is 0.270 e. The highest BCUT2D eigenvalue weighted by molar-refractivity contribution is 7.89. The van der Waals surface area contributed by atoms with E-state index >= 15 is 0 Å². The van der Waals surface area contributed by atoms with E-state index in [9.17, 15) is 23.6 Å². The smallest absolute Gasteiger partial charge is 0.270 e. The van der Waals surface area contributed by atoms with Crippen molar-refractivity contribution >= 4 is 27.0 Å². The number of hydrogen-bond donors (Lipinski definition) is 2. The third-order valence-corrected chi connectivity index (χ3v) is 10.3. The molecule has 4 heterocycles. The molecule has 3 aliphatic rings. The highest BCUT2D eigenvalue weighted by Crippen LogP contribution is 2.39. The Hall–Kier alpha value is -2.59. The highest BCUT2D eigenvalue weighted by Gasteiger charge is 2.40. The molecule has 12 heteroatoms. The van der Waals surface area contributed by atoms with E-state index in [1.165, 1.54) is 23.5 Å². The summed E-state index contributed by atoms with van der Waals surface area (Å²) in [6.07, 6.45) is 7.88. The summed E-state index contributed by atoms with van der Waals surface area (Å²) in [7, 11) is -3.28. The molecular weight excluding hydrogens is 506 g/mol. The minimum Gasteiger partial charge on any atom is -0.388 e. The first kappa shape index (κ1) is 27.0. The lowest BCUT2D eigenvalue weighted by atomic mass is 9.99. The predicted octanol–water partition coefficient (Wildman–Crippen LogP) is 1.83. The third-order valence-electron chi connectivity index (χ3n) is 8.34. The van der Waals surface area contributed by atoms with E-state index in [4.69, 9.17) is 0 Å². The number of nitrogens with zero attached hydrogens (tertiary/aromatic N) is 6. The number of piperidine rings is 1. The zero-order valence-electron chi connectivity index (χ0n) is 22.0. The molecule has 0 aromatic carbocycles. The zero-order valence-corrected chi connectivity index (χ0v) is 22.8. The first-order valence-corrected chi connectivity index (χ1v) is 15.3. The first-order valence-electron chi connectivity index (χ1n) is 13.7. The van der Waals surface area contributed by atoms with Gasteiger partial charge in [-0.25, -0.2) is 17.7 Å². The van der Waals surface area contributed by atoms with E-state index < -0.39 is 27.2 Å². The van der Waals surface area contributed by atoms with Gasteiger partial charge in [0.15, 0.2) is 0 Å². The van der Waals surface area contributed by atoms with Crippen molar-refractivity contribution in [1.29, 1.82) is 5.26 Å². The summed E-state index contributed by atoms with van der Waals surface area (Å²) < 4.78 is 28.8. The number of hydrogen-bond acceptors (Lipinski definition) is 9. The van der Waals surface area contributed by atoms with Gasteiger partial charge in [-0.1, -0.05) is 0 Å². The van der Waals surface area contributed by atoms with Gasteiger partial charge in [0.2, 0.25) is 16.0 Å². The monoisotopic (exact) mass is 543 g/mol. The number of nitrogens with one attached hydrogen (secondary N) is 1. The van der Waals surface area contributed by atoms with Crippen molar-refractivity contribution in [2.75, 3.05) is 43.8 Å². The minimum absolute atomic E-state index is 0.00137. The number of aliphatic hydroxyl groups is 1. The van der Waals surface area contributed by atoms with E-state index in [2.05, 4.69) is 20.2 Å². The van der Waals surface area contributed by atoms with Crippen LogP contribution in [-0.4, -0.2) is 87.4 Å². The fourth-order valence-electron chi connectivity index (χ4n) is 6.16. The van der Waals surface area contributed by atoms with E-state index in [1.807, 2.05) is 6.07 Å². The van der Waals surface area contributed by atoms with Crippen molar-refractivity contribution in [1.82, 2.24) is 23.7 Å². The van der Waals surface area contributed by atoms with Crippen LogP contribution in [-0.2, 0) is 10.0 Å². The number of rotatable bonds is 8. The summed E-state index contributed by atoms with van der Waals surface area (Å²) in [5, 5.41) is 24.3. The second kappa shape index (κ2) is 10.9. The molecule has 2 N–H and O–H groups in total. The summed E-state index contributed by atoms with van der Waals surface area (Å²) in [5.74, 6) is 0.530. The van der Waals surface area contributed by atoms with Crippen molar-refractivity contribution in [3.8, 4) is 6.07 Å². The Labute approximate surface area is 223 Å². The maximum atomic E-state index is 13.2. The molecule has 2 saturated heterocycles. The minimum atomic E-state index is -3.28. The van der Waals surface area contributed by atoms with Crippen LogP contribution in [0.25, 0.3) is 11.0 Å². The number of fused-ring (bicyclic) bond motifs is 1. The second-order valence-electron chi connectivity index (χ2n) is 11.1. The van der Waals surface area contributed by atoms with Gasteiger partial charge in [0.25, 0.3) is 5.56 Å². The summed E-state index contributed by atoms with van der Waals surface area (Å²) in [6, 6.07) is 2.97. The van der Waals surface area contributed by atoms with Crippen LogP contribution in [0.2, 0.25) is 0 Å². The number of likely N-dealkylation sites (tertiary alicyclic amines) is 1. The van der Waals surface area contributed by atoms with E-state index in [1.54, 1.807) is 17.4 Å². The third kappa shape index (κ3) is 5.57. The molecule has 0 radical (unpaired) electrons. The van der Waals surface area contributed by atoms with Crippen molar-refractivity contribution in [2.24, 2.45) is 0 Å². The topological polar surface area (TPSA) is 144 Å². The fourth-order valence-corrected chi connectivity index (χ4v) is 7.68. The van der Waals surface area contributed by atoms with E-state index in [0.717, 1.165) is 26.1 Å². The predicted molar refractivity (Wildman–Crippen MR) is 144 cm³/mol. The Morgan fingerprint density at radius 2 is 1.92 bits per heavy atom. The normalized spacial score (nSPS) is 25.7. The lowest BCUT2D eigenvalue weighted by molar-refractivity contribution is 0.0266. The molecule has 206 valence electrons. The van der Waals surface area contributed by atoms with Gasteiger partial charge >= 0.3 is 0 Å². The Morgan fingerprint density at radius 1 is 1.18 bits per heavy atom. The van der Waals surface area contributed by atoms with E-state index in [0.29, 0.717) is 62.2 Å². The van der Waals surface area contributed by atoms with Crippen molar-refractivity contribution < 1.29 is 13.5 Å². The van der Waals surface area contributed by atoms with Crippen LogP contribution in [0.3, 0.4) is 0 Å². The second-order valence-corrected chi connectivity index (χ2v) is 13.2. The van der Waals surface area contributed by atoms with Gasteiger partial charge in [-0.15, -0.1) is 0 Å². The van der Waals surface area contributed by atoms with Gasteiger partial charge in [0.05, 0.1) is 17.4 Å². The van der Waals surface area contributed by atoms with Crippen LogP contribution in [0.4, 0.5) is 5.95 Å². The Morgan fingerprint density at radius 3 is 2.58 bits per heavy atom. The van der Waals surface area contributed by atoms with Crippen LogP contribution >= 0.6 is 0 Å². The molecule has 0 amide bonds. The molecule has 0 spiro atoms. The fraction of sp³-hybridized carbons (Fsp3) is 0.692. The molecule has 2 aromatic heterocycles. The van der Waals surface area contributed by atoms with Crippen LogP contribution in [0.1, 0.15) is 69.9 Å². The van der Waals surface area contributed by atoms with Crippen molar-refractivity contribution in [3.63, 3.8) is 0 Å². The molecule has 2 atom stereocenters. The van der Waals surface area contributed by atoms with Crippen LogP contribution in [0.5, 0.6) is 0 Å². The quantitative estimate of drug-likeness (QED) is 0.509.